The summed E-state index contributed by atoms with van der Waals surface area (Å²) < 4.78 is 5.89. The summed E-state index contributed by atoms with van der Waals surface area (Å²) in [6.07, 6.45) is 4.85. The van der Waals surface area contributed by atoms with Gasteiger partial charge in [0.05, 0.1) is 5.60 Å². The Kier molecular flexibility index (Phi) is 4.60. The highest BCUT2D eigenvalue weighted by atomic mass is 16.5. The lowest BCUT2D eigenvalue weighted by Gasteiger charge is -2.29. The van der Waals surface area contributed by atoms with Crippen LogP contribution in [0.2, 0.25) is 0 Å². The highest BCUT2D eigenvalue weighted by molar-refractivity contribution is 5.86. The molecule has 0 aliphatic heterocycles. The number of benzene rings is 2. The van der Waals surface area contributed by atoms with Crippen LogP contribution in [-0.2, 0) is 10.3 Å². The third-order valence-corrected chi connectivity index (χ3v) is 4.08. The lowest BCUT2D eigenvalue weighted by molar-refractivity contribution is -0.00743. The number of hydrogen-bond acceptors (Lipinski definition) is 1. The van der Waals surface area contributed by atoms with Crippen LogP contribution in [0.25, 0.3) is 10.8 Å². The van der Waals surface area contributed by atoms with E-state index >= 15 is 0 Å². The Labute approximate surface area is 116 Å². The maximum absolute atomic E-state index is 5.89. The Hall–Kier alpha value is -1.34. The first-order valence-corrected chi connectivity index (χ1v) is 7.39. The number of hydrogen-bond donors (Lipinski definition) is 0. The van der Waals surface area contributed by atoms with Gasteiger partial charge in [0, 0.05) is 7.11 Å². The van der Waals surface area contributed by atoms with Crippen LogP contribution in [0.15, 0.2) is 42.5 Å². The molecule has 0 saturated heterocycles. The van der Waals surface area contributed by atoms with Crippen molar-refractivity contribution in [1.29, 1.82) is 0 Å². The minimum absolute atomic E-state index is 0.0408. The molecule has 102 valence electrons. The zero-order chi connectivity index (χ0) is 13.7. The molecule has 0 amide bonds. The Morgan fingerprint density at radius 1 is 0.895 bits per heavy atom. The fourth-order valence-corrected chi connectivity index (χ4v) is 3.15. The summed E-state index contributed by atoms with van der Waals surface area (Å²) in [5.74, 6) is 0. The van der Waals surface area contributed by atoms with Crippen molar-refractivity contribution in [3.05, 3.63) is 48.0 Å². The quantitative estimate of drug-likeness (QED) is 0.710. The van der Waals surface area contributed by atoms with E-state index in [1.807, 2.05) is 21.0 Å². The summed E-state index contributed by atoms with van der Waals surface area (Å²) in [5.41, 5.74) is 1.33. The van der Waals surface area contributed by atoms with Crippen LogP contribution >= 0.6 is 0 Å². The van der Waals surface area contributed by atoms with Gasteiger partial charge in [-0.25, -0.2) is 0 Å². The molecule has 0 heterocycles. The minimum atomic E-state index is -0.0408. The van der Waals surface area contributed by atoms with E-state index in [0.29, 0.717) is 0 Å². The van der Waals surface area contributed by atoms with Crippen molar-refractivity contribution >= 4 is 10.8 Å². The molecule has 0 atom stereocenters. The molecule has 0 radical (unpaired) electrons. The standard InChI is InChI=1S/C16H18O.C2H6/c1-17-16(11-4-5-12-16)15-10-6-8-13-7-2-3-9-14(13)15;1-2/h2-3,6-10H,4-5,11-12H2,1H3;1-2H3. The highest BCUT2D eigenvalue weighted by Gasteiger charge is 2.36. The van der Waals surface area contributed by atoms with Crippen LogP contribution in [0.3, 0.4) is 0 Å². The molecule has 1 heteroatoms. The van der Waals surface area contributed by atoms with Gasteiger partial charge in [0.15, 0.2) is 0 Å². The molecule has 0 unspecified atom stereocenters. The Bertz CT molecular complexity index is 519. The summed E-state index contributed by atoms with van der Waals surface area (Å²) in [4.78, 5) is 0. The average Bonchev–Trinajstić information content (AvgIpc) is 2.99. The van der Waals surface area contributed by atoms with E-state index in [2.05, 4.69) is 42.5 Å². The van der Waals surface area contributed by atoms with Gasteiger partial charge in [-0.15, -0.1) is 0 Å². The SMILES string of the molecule is CC.COC1(c2cccc3ccccc23)CCCC1. The van der Waals surface area contributed by atoms with E-state index in [9.17, 15) is 0 Å². The van der Waals surface area contributed by atoms with Crippen LogP contribution in [0.1, 0.15) is 45.1 Å². The Morgan fingerprint density at radius 3 is 2.21 bits per heavy atom. The van der Waals surface area contributed by atoms with E-state index < -0.39 is 0 Å². The molecule has 0 aromatic heterocycles. The molecule has 1 aliphatic carbocycles. The molecule has 1 saturated carbocycles. The molecule has 3 rings (SSSR count). The summed E-state index contributed by atoms with van der Waals surface area (Å²) in [6.45, 7) is 4.00. The molecule has 2 aromatic carbocycles. The zero-order valence-electron chi connectivity index (χ0n) is 12.3. The largest absolute Gasteiger partial charge is 0.374 e. The van der Waals surface area contributed by atoms with E-state index in [4.69, 9.17) is 4.74 Å². The second-order valence-corrected chi connectivity index (χ2v) is 4.93. The molecule has 1 nitrogen and oxygen atoms in total. The first kappa shape index (κ1) is 14.1. The summed E-state index contributed by atoms with van der Waals surface area (Å²) in [6, 6.07) is 15.2. The predicted molar refractivity (Wildman–Crippen MR) is 82.5 cm³/mol. The smallest absolute Gasteiger partial charge is 0.0933 e. The van der Waals surface area contributed by atoms with E-state index in [-0.39, 0.29) is 5.60 Å². The van der Waals surface area contributed by atoms with Gasteiger partial charge in [0.25, 0.3) is 0 Å². The molecule has 19 heavy (non-hydrogen) atoms. The van der Waals surface area contributed by atoms with Crippen molar-refractivity contribution in [1.82, 2.24) is 0 Å². The van der Waals surface area contributed by atoms with Gasteiger partial charge >= 0.3 is 0 Å². The van der Waals surface area contributed by atoms with Crippen molar-refractivity contribution in [3.8, 4) is 0 Å². The predicted octanol–water partition coefficient (Wildman–Crippen LogP) is 5.28. The molecule has 1 fully saturated rings. The fourth-order valence-electron chi connectivity index (χ4n) is 3.15. The molecule has 2 aromatic rings. The van der Waals surface area contributed by atoms with Gasteiger partial charge in [-0.3, -0.25) is 0 Å². The second-order valence-electron chi connectivity index (χ2n) is 4.93. The first-order chi connectivity index (χ1) is 9.36. The van der Waals surface area contributed by atoms with Crippen molar-refractivity contribution in [3.63, 3.8) is 0 Å². The molecule has 0 bridgehead atoms. The Balaban J connectivity index is 0.000000637. The van der Waals surface area contributed by atoms with Gasteiger partial charge in [-0.2, -0.15) is 0 Å². The molecule has 1 aliphatic rings. The van der Waals surface area contributed by atoms with E-state index in [0.717, 1.165) is 12.8 Å². The van der Waals surface area contributed by atoms with Gasteiger partial charge < -0.3 is 4.74 Å². The van der Waals surface area contributed by atoms with Crippen LogP contribution in [-0.4, -0.2) is 7.11 Å². The maximum atomic E-state index is 5.89. The number of ether oxygens (including phenoxy) is 1. The van der Waals surface area contributed by atoms with Crippen LogP contribution in [0.4, 0.5) is 0 Å². The van der Waals surface area contributed by atoms with Crippen LogP contribution < -0.4 is 0 Å². The topological polar surface area (TPSA) is 9.23 Å². The average molecular weight is 256 g/mol. The highest BCUT2D eigenvalue weighted by Crippen LogP contribution is 2.44. The van der Waals surface area contributed by atoms with Gasteiger partial charge in [-0.1, -0.05) is 69.2 Å². The summed E-state index contributed by atoms with van der Waals surface area (Å²) in [5, 5.41) is 2.66. The van der Waals surface area contributed by atoms with E-state index in [1.165, 1.54) is 29.2 Å². The summed E-state index contributed by atoms with van der Waals surface area (Å²) in [7, 11) is 1.85. The third kappa shape index (κ3) is 2.52. The van der Waals surface area contributed by atoms with Crippen molar-refractivity contribution < 1.29 is 4.74 Å². The maximum Gasteiger partial charge on any atom is 0.0933 e. The summed E-state index contributed by atoms with van der Waals surface area (Å²) >= 11 is 0. The van der Waals surface area contributed by atoms with Crippen LogP contribution in [0, 0.1) is 0 Å². The van der Waals surface area contributed by atoms with Gasteiger partial charge in [-0.05, 0) is 29.2 Å². The number of fused-ring (bicyclic) bond motifs is 1. The van der Waals surface area contributed by atoms with Crippen molar-refractivity contribution in [2.24, 2.45) is 0 Å². The minimum Gasteiger partial charge on any atom is -0.374 e. The lowest BCUT2D eigenvalue weighted by atomic mass is 9.88. The molecular weight excluding hydrogens is 232 g/mol. The third-order valence-electron chi connectivity index (χ3n) is 4.08. The van der Waals surface area contributed by atoms with Gasteiger partial charge in [0.2, 0.25) is 0 Å². The zero-order valence-corrected chi connectivity index (χ0v) is 12.3. The van der Waals surface area contributed by atoms with Gasteiger partial charge in [0.1, 0.15) is 0 Å². The van der Waals surface area contributed by atoms with Crippen molar-refractivity contribution in [2.75, 3.05) is 7.11 Å². The normalized spacial score (nSPS) is 17.0. The van der Waals surface area contributed by atoms with E-state index in [1.54, 1.807) is 0 Å². The Morgan fingerprint density at radius 2 is 1.53 bits per heavy atom. The monoisotopic (exact) mass is 256 g/mol. The first-order valence-electron chi connectivity index (χ1n) is 7.39. The number of rotatable bonds is 2. The molecular formula is C18H24O. The second kappa shape index (κ2) is 6.21. The lowest BCUT2D eigenvalue weighted by Crippen LogP contribution is -2.24. The fraction of sp³-hybridized carbons (Fsp3) is 0.444. The van der Waals surface area contributed by atoms with Crippen LogP contribution in [0.5, 0.6) is 0 Å². The molecule has 0 N–H and O–H groups in total. The number of methoxy groups -OCH3 is 1. The van der Waals surface area contributed by atoms with Crippen molar-refractivity contribution in [2.45, 2.75) is 45.1 Å². The molecule has 0 spiro atoms.